The SMILES string of the molecule is COC(=O)/C=C/c1ccccc1N1CC[NH2+]CC1. The number of anilines is 1. The van der Waals surface area contributed by atoms with Gasteiger partial charge in [-0.25, -0.2) is 4.79 Å². The summed E-state index contributed by atoms with van der Waals surface area (Å²) >= 11 is 0. The van der Waals surface area contributed by atoms with E-state index in [1.165, 1.54) is 18.9 Å². The summed E-state index contributed by atoms with van der Waals surface area (Å²) in [5.74, 6) is -0.322. The first-order valence-electron chi connectivity index (χ1n) is 6.23. The van der Waals surface area contributed by atoms with E-state index in [-0.39, 0.29) is 5.97 Å². The standard InChI is InChI=1S/C14H18N2O2/c1-18-14(17)7-6-12-4-2-3-5-13(12)16-10-8-15-9-11-16/h2-7,15H,8-11H2,1H3/p+1/b7-6+. The maximum absolute atomic E-state index is 11.1. The van der Waals surface area contributed by atoms with E-state index in [0.29, 0.717) is 0 Å². The Kier molecular flexibility index (Phi) is 4.36. The first kappa shape index (κ1) is 12.6. The van der Waals surface area contributed by atoms with Crippen LogP contribution in [-0.4, -0.2) is 39.3 Å². The summed E-state index contributed by atoms with van der Waals surface area (Å²) < 4.78 is 4.61. The third kappa shape index (κ3) is 3.11. The van der Waals surface area contributed by atoms with Gasteiger partial charge in [-0.05, 0) is 17.7 Å². The average molecular weight is 247 g/mol. The molecule has 4 heteroatoms. The van der Waals surface area contributed by atoms with Gasteiger partial charge in [0.2, 0.25) is 0 Å². The van der Waals surface area contributed by atoms with E-state index in [9.17, 15) is 4.79 Å². The number of para-hydroxylation sites is 1. The number of nitrogens with zero attached hydrogens (tertiary/aromatic N) is 1. The lowest BCUT2D eigenvalue weighted by atomic mass is 10.1. The number of carbonyl (C=O) groups is 1. The lowest BCUT2D eigenvalue weighted by Crippen LogP contribution is -2.89. The lowest BCUT2D eigenvalue weighted by molar-refractivity contribution is -0.655. The number of hydrogen-bond acceptors (Lipinski definition) is 3. The molecule has 0 amide bonds. The second-order valence-corrected chi connectivity index (χ2v) is 4.27. The summed E-state index contributed by atoms with van der Waals surface area (Å²) in [4.78, 5) is 13.5. The molecule has 2 N–H and O–H groups in total. The van der Waals surface area contributed by atoms with Gasteiger partial charge in [0, 0.05) is 11.8 Å². The monoisotopic (exact) mass is 247 g/mol. The van der Waals surface area contributed by atoms with Crippen molar-refractivity contribution in [3.05, 3.63) is 35.9 Å². The topological polar surface area (TPSA) is 46.1 Å². The van der Waals surface area contributed by atoms with Crippen LogP contribution in [0, 0.1) is 0 Å². The van der Waals surface area contributed by atoms with Crippen LogP contribution in [0.1, 0.15) is 5.56 Å². The molecule has 0 aromatic heterocycles. The molecule has 18 heavy (non-hydrogen) atoms. The predicted molar refractivity (Wildman–Crippen MR) is 71.4 cm³/mol. The molecule has 0 atom stereocenters. The Morgan fingerprint density at radius 1 is 1.33 bits per heavy atom. The minimum Gasteiger partial charge on any atom is -0.466 e. The smallest absolute Gasteiger partial charge is 0.330 e. The van der Waals surface area contributed by atoms with Gasteiger partial charge in [-0.15, -0.1) is 0 Å². The molecule has 1 aliphatic heterocycles. The normalized spacial score (nSPS) is 15.9. The molecule has 1 aliphatic rings. The first-order valence-corrected chi connectivity index (χ1v) is 6.23. The van der Waals surface area contributed by atoms with Crippen molar-refractivity contribution in [2.24, 2.45) is 0 Å². The third-order valence-corrected chi connectivity index (χ3v) is 3.08. The summed E-state index contributed by atoms with van der Waals surface area (Å²) in [6.07, 6.45) is 3.29. The van der Waals surface area contributed by atoms with E-state index in [1.807, 2.05) is 24.3 Å². The Labute approximate surface area is 107 Å². The summed E-state index contributed by atoms with van der Waals surface area (Å²) in [6.45, 7) is 4.33. The van der Waals surface area contributed by atoms with Crippen LogP contribution in [0.4, 0.5) is 5.69 Å². The highest BCUT2D eigenvalue weighted by molar-refractivity contribution is 5.88. The lowest BCUT2D eigenvalue weighted by Gasteiger charge is -2.28. The number of rotatable bonds is 3. The molecule has 0 spiro atoms. The van der Waals surface area contributed by atoms with E-state index in [2.05, 4.69) is 21.0 Å². The number of esters is 1. The van der Waals surface area contributed by atoms with Gasteiger partial charge < -0.3 is 15.0 Å². The van der Waals surface area contributed by atoms with Crippen LogP contribution in [0.2, 0.25) is 0 Å². The zero-order valence-electron chi connectivity index (χ0n) is 10.6. The highest BCUT2D eigenvalue weighted by atomic mass is 16.5. The molecule has 4 nitrogen and oxygen atoms in total. The van der Waals surface area contributed by atoms with Gasteiger partial charge in [-0.3, -0.25) is 0 Å². The number of piperazine rings is 1. The molecule has 1 fully saturated rings. The van der Waals surface area contributed by atoms with E-state index in [0.717, 1.165) is 31.7 Å². The minimum absolute atomic E-state index is 0.322. The maximum atomic E-state index is 11.1. The third-order valence-electron chi connectivity index (χ3n) is 3.08. The van der Waals surface area contributed by atoms with Crippen molar-refractivity contribution in [1.82, 2.24) is 0 Å². The predicted octanol–water partition coefficient (Wildman–Crippen LogP) is 0.256. The van der Waals surface area contributed by atoms with Crippen LogP contribution in [0.15, 0.2) is 30.3 Å². The zero-order chi connectivity index (χ0) is 12.8. The quantitative estimate of drug-likeness (QED) is 0.615. The second kappa shape index (κ2) is 6.21. The van der Waals surface area contributed by atoms with Crippen molar-refractivity contribution >= 4 is 17.7 Å². The largest absolute Gasteiger partial charge is 0.466 e. The van der Waals surface area contributed by atoms with Crippen molar-refractivity contribution in [3.8, 4) is 0 Å². The fraction of sp³-hybridized carbons (Fsp3) is 0.357. The number of methoxy groups -OCH3 is 1. The molecule has 0 aliphatic carbocycles. The summed E-state index contributed by atoms with van der Waals surface area (Å²) in [5.41, 5.74) is 2.25. The number of benzene rings is 1. The van der Waals surface area contributed by atoms with E-state index in [4.69, 9.17) is 0 Å². The van der Waals surface area contributed by atoms with Crippen LogP contribution < -0.4 is 10.2 Å². The van der Waals surface area contributed by atoms with Crippen LogP contribution in [0.25, 0.3) is 6.08 Å². The molecule has 2 rings (SSSR count). The van der Waals surface area contributed by atoms with Crippen molar-refractivity contribution in [1.29, 1.82) is 0 Å². The highest BCUT2D eigenvalue weighted by Crippen LogP contribution is 2.21. The zero-order valence-corrected chi connectivity index (χ0v) is 10.6. The Hall–Kier alpha value is -1.81. The fourth-order valence-corrected chi connectivity index (χ4v) is 2.13. The molecule has 0 unspecified atom stereocenters. The molecular formula is C14H19N2O2+. The fourth-order valence-electron chi connectivity index (χ4n) is 2.13. The van der Waals surface area contributed by atoms with Crippen molar-refractivity contribution in [3.63, 3.8) is 0 Å². The number of hydrogen-bond donors (Lipinski definition) is 1. The summed E-state index contributed by atoms with van der Waals surface area (Å²) in [5, 5.41) is 2.32. The number of quaternary nitrogens is 1. The number of ether oxygens (including phenoxy) is 1. The van der Waals surface area contributed by atoms with Crippen LogP contribution in [0.3, 0.4) is 0 Å². The van der Waals surface area contributed by atoms with E-state index in [1.54, 1.807) is 0 Å². The van der Waals surface area contributed by atoms with Crippen molar-refractivity contribution in [2.45, 2.75) is 0 Å². The van der Waals surface area contributed by atoms with Crippen LogP contribution in [0.5, 0.6) is 0 Å². The molecule has 1 saturated heterocycles. The van der Waals surface area contributed by atoms with E-state index < -0.39 is 0 Å². The summed E-state index contributed by atoms with van der Waals surface area (Å²) in [7, 11) is 1.39. The molecule has 1 aromatic rings. The molecule has 96 valence electrons. The van der Waals surface area contributed by atoms with E-state index >= 15 is 0 Å². The first-order chi connectivity index (χ1) is 8.81. The van der Waals surface area contributed by atoms with Gasteiger partial charge in [-0.1, -0.05) is 18.2 Å². The number of carbonyl (C=O) groups excluding carboxylic acids is 1. The van der Waals surface area contributed by atoms with Gasteiger partial charge >= 0.3 is 5.97 Å². The molecule has 1 aromatic carbocycles. The van der Waals surface area contributed by atoms with Gasteiger partial charge in [0.05, 0.1) is 33.3 Å². The molecule has 0 bridgehead atoms. The minimum atomic E-state index is -0.322. The molecule has 1 heterocycles. The molecular weight excluding hydrogens is 228 g/mol. The van der Waals surface area contributed by atoms with Gasteiger partial charge in [0.25, 0.3) is 0 Å². The summed E-state index contributed by atoms with van der Waals surface area (Å²) in [6, 6.07) is 8.13. The molecule has 0 saturated carbocycles. The van der Waals surface area contributed by atoms with Crippen LogP contribution >= 0.6 is 0 Å². The van der Waals surface area contributed by atoms with Gasteiger partial charge in [-0.2, -0.15) is 0 Å². The highest BCUT2D eigenvalue weighted by Gasteiger charge is 2.14. The van der Waals surface area contributed by atoms with Crippen molar-refractivity contribution in [2.75, 3.05) is 38.2 Å². The molecule has 0 radical (unpaired) electrons. The average Bonchev–Trinajstić information content (AvgIpc) is 2.46. The Bertz CT molecular complexity index is 437. The van der Waals surface area contributed by atoms with Gasteiger partial charge in [0.1, 0.15) is 0 Å². The second-order valence-electron chi connectivity index (χ2n) is 4.27. The van der Waals surface area contributed by atoms with Gasteiger partial charge in [0.15, 0.2) is 0 Å². The number of nitrogens with two attached hydrogens (primary N) is 1. The maximum Gasteiger partial charge on any atom is 0.330 e. The van der Waals surface area contributed by atoms with Crippen molar-refractivity contribution < 1.29 is 14.8 Å². The Morgan fingerprint density at radius 3 is 2.78 bits per heavy atom. The Balaban J connectivity index is 2.19. The van der Waals surface area contributed by atoms with Crippen LogP contribution in [-0.2, 0) is 9.53 Å². The Morgan fingerprint density at radius 2 is 2.06 bits per heavy atom.